The van der Waals surface area contributed by atoms with Crippen LogP contribution in [-0.4, -0.2) is 16.9 Å². The van der Waals surface area contributed by atoms with Crippen LogP contribution in [-0.2, 0) is 9.59 Å². The molecule has 0 unspecified atom stereocenters. The smallest absolute Gasteiger partial charge is 0.228 e. The van der Waals surface area contributed by atoms with E-state index in [1.807, 2.05) is 6.08 Å². The van der Waals surface area contributed by atoms with E-state index in [1.165, 1.54) is 6.20 Å². The molecule has 0 radical (unpaired) electrons. The Labute approximate surface area is 105 Å². The van der Waals surface area contributed by atoms with E-state index in [2.05, 4.69) is 10.3 Å². The summed E-state index contributed by atoms with van der Waals surface area (Å²) in [6.45, 7) is 0. The zero-order valence-electron chi connectivity index (χ0n) is 9.70. The molecule has 1 N–H and O–H groups in total. The van der Waals surface area contributed by atoms with Crippen LogP contribution >= 0.6 is 0 Å². The number of nitrogens with zero attached hydrogens (tertiary/aromatic N) is 1. The number of amides is 1. The Balaban J connectivity index is 2.08. The van der Waals surface area contributed by atoms with E-state index in [4.69, 9.17) is 0 Å². The molecule has 94 valence electrons. The largest absolute Gasteiger partial charge is 0.550 e. The van der Waals surface area contributed by atoms with E-state index in [0.717, 1.165) is 0 Å². The maximum absolute atomic E-state index is 12.0. The van der Waals surface area contributed by atoms with Gasteiger partial charge in [0.25, 0.3) is 0 Å². The summed E-state index contributed by atoms with van der Waals surface area (Å²) < 4.78 is 0. The average Bonchev–Trinajstić information content (AvgIpc) is 2.40. The molecule has 5 heteroatoms. The Bertz CT molecular complexity index is 470. The van der Waals surface area contributed by atoms with E-state index < -0.39 is 17.8 Å². The molecule has 0 spiro atoms. The Morgan fingerprint density at radius 3 is 2.61 bits per heavy atom. The number of hydrogen-bond acceptors (Lipinski definition) is 4. The number of carboxylic acids is 1. The molecule has 0 fully saturated rings. The van der Waals surface area contributed by atoms with Crippen molar-refractivity contribution in [1.82, 2.24) is 4.98 Å². The molecule has 1 aromatic rings. The molecule has 0 aromatic carbocycles. The summed E-state index contributed by atoms with van der Waals surface area (Å²) >= 11 is 0. The predicted molar refractivity (Wildman–Crippen MR) is 63.2 cm³/mol. The molecule has 2 rings (SSSR count). The summed E-state index contributed by atoms with van der Waals surface area (Å²) in [4.78, 5) is 26.9. The Morgan fingerprint density at radius 1 is 1.28 bits per heavy atom. The van der Waals surface area contributed by atoms with Crippen molar-refractivity contribution >= 4 is 17.6 Å². The maximum Gasteiger partial charge on any atom is 0.228 e. The normalized spacial score (nSPS) is 22.4. The van der Waals surface area contributed by atoms with Crippen LogP contribution in [0.1, 0.15) is 12.8 Å². The summed E-state index contributed by atoms with van der Waals surface area (Å²) in [7, 11) is 0. The van der Waals surface area contributed by atoms with Crippen molar-refractivity contribution in [2.75, 3.05) is 5.32 Å². The molecule has 0 saturated heterocycles. The molecule has 1 aromatic heterocycles. The second-order valence-electron chi connectivity index (χ2n) is 4.21. The number of carbonyl (C=O) groups excluding carboxylic acids is 2. The quantitative estimate of drug-likeness (QED) is 0.779. The number of hydrogen-bond donors (Lipinski definition) is 1. The fourth-order valence-electron chi connectivity index (χ4n) is 2.04. The lowest BCUT2D eigenvalue weighted by atomic mass is 9.82. The number of carbonyl (C=O) groups is 2. The number of carboxylic acid groups (broad SMARTS) is 1. The molecular formula is C13H13N2O3-. The summed E-state index contributed by atoms with van der Waals surface area (Å²) in [6.07, 6.45) is 7.48. The predicted octanol–water partition coefficient (Wildman–Crippen LogP) is 0.352. The van der Waals surface area contributed by atoms with Crippen LogP contribution in [0.3, 0.4) is 0 Å². The molecule has 2 atom stereocenters. The molecule has 5 nitrogen and oxygen atoms in total. The minimum absolute atomic E-state index is 0.304. The number of anilines is 1. The summed E-state index contributed by atoms with van der Waals surface area (Å²) in [6, 6.07) is 3.41. The first-order valence-corrected chi connectivity index (χ1v) is 5.75. The highest BCUT2D eigenvalue weighted by Gasteiger charge is 2.29. The van der Waals surface area contributed by atoms with Gasteiger partial charge in [0, 0.05) is 18.1 Å². The lowest BCUT2D eigenvalue weighted by molar-refractivity contribution is -0.313. The molecule has 18 heavy (non-hydrogen) atoms. The van der Waals surface area contributed by atoms with Gasteiger partial charge in [0.2, 0.25) is 5.91 Å². The van der Waals surface area contributed by atoms with Gasteiger partial charge in [-0.1, -0.05) is 12.2 Å². The third-order valence-electron chi connectivity index (χ3n) is 3.00. The van der Waals surface area contributed by atoms with Gasteiger partial charge in [0.05, 0.1) is 17.8 Å². The van der Waals surface area contributed by atoms with Crippen LogP contribution in [0.5, 0.6) is 0 Å². The third kappa shape index (κ3) is 2.74. The lowest BCUT2D eigenvalue weighted by Crippen LogP contribution is -2.41. The first kappa shape index (κ1) is 12.3. The molecular weight excluding hydrogens is 232 g/mol. The highest BCUT2D eigenvalue weighted by atomic mass is 16.4. The molecule has 0 bridgehead atoms. The van der Waals surface area contributed by atoms with E-state index in [0.29, 0.717) is 18.5 Å². The van der Waals surface area contributed by atoms with Gasteiger partial charge >= 0.3 is 0 Å². The number of aliphatic carboxylic acids is 1. The van der Waals surface area contributed by atoms with Crippen molar-refractivity contribution in [3.8, 4) is 0 Å². The minimum Gasteiger partial charge on any atom is -0.550 e. The van der Waals surface area contributed by atoms with Crippen LogP contribution in [0.15, 0.2) is 36.7 Å². The Morgan fingerprint density at radius 2 is 2.00 bits per heavy atom. The SMILES string of the molecule is O=C([O-])[C@@H]1CC=CC[C@H]1C(=O)Nc1cccnc1. The fraction of sp³-hybridized carbons (Fsp3) is 0.308. The second kappa shape index (κ2) is 5.44. The zero-order chi connectivity index (χ0) is 13.0. The third-order valence-corrected chi connectivity index (χ3v) is 3.00. The number of rotatable bonds is 3. The summed E-state index contributed by atoms with van der Waals surface area (Å²) in [5, 5.41) is 13.7. The van der Waals surface area contributed by atoms with Crippen LogP contribution in [0, 0.1) is 11.8 Å². The van der Waals surface area contributed by atoms with Crippen LogP contribution in [0.2, 0.25) is 0 Å². The lowest BCUT2D eigenvalue weighted by Gasteiger charge is -2.28. The monoisotopic (exact) mass is 245 g/mol. The van der Waals surface area contributed by atoms with Crippen molar-refractivity contribution in [3.63, 3.8) is 0 Å². The van der Waals surface area contributed by atoms with Crippen LogP contribution < -0.4 is 10.4 Å². The van der Waals surface area contributed by atoms with Gasteiger partial charge in [-0.2, -0.15) is 0 Å². The number of aromatic nitrogens is 1. The number of nitrogens with one attached hydrogen (secondary N) is 1. The average molecular weight is 245 g/mol. The highest BCUT2D eigenvalue weighted by molar-refractivity contribution is 5.95. The van der Waals surface area contributed by atoms with Crippen molar-refractivity contribution in [3.05, 3.63) is 36.7 Å². The van der Waals surface area contributed by atoms with Gasteiger partial charge < -0.3 is 15.2 Å². The van der Waals surface area contributed by atoms with Gasteiger partial charge in [-0.3, -0.25) is 9.78 Å². The van der Waals surface area contributed by atoms with E-state index in [1.54, 1.807) is 24.4 Å². The molecule has 0 aliphatic heterocycles. The van der Waals surface area contributed by atoms with Crippen molar-refractivity contribution < 1.29 is 14.7 Å². The summed E-state index contributed by atoms with van der Waals surface area (Å²) in [5.74, 6) is -2.82. The first-order valence-electron chi connectivity index (χ1n) is 5.75. The molecule has 0 saturated carbocycles. The molecule has 1 heterocycles. The van der Waals surface area contributed by atoms with Crippen LogP contribution in [0.4, 0.5) is 5.69 Å². The zero-order valence-corrected chi connectivity index (χ0v) is 9.70. The highest BCUT2D eigenvalue weighted by Crippen LogP contribution is 2.26. The fourth-order valence-corrected chi connectivity index (χ4v) is 2.04. The topological polar surface area (TPSA) is 82.1 Å². The second-order valence-corrected chi connectivity index (χ2v) is 4.21. The van der Waals surface area contributed by atoms with Gasteiger partial charge in [0.1, 0.15) is 0 Å². The van der Waals surface area contributed by atoms with Gasteiger partial charge in [-0.05, 0) is 25.0 Å². The Hall–Kier alpha value is -2.17. The van der Waals surface area contributed by atoms with Gasteiger partial charge in [-0.25, -0.2) is 0 Å². The summed E-state index contributed by atoms with van der Waals surface area (Å²) in [5.41, 5.74) is 0.564. The molecule has 1 aliphatic carbocycles. The van der Waals surface area contributed by atoms with E-state index in [-0.39, 0.29) is 5.91 Å². The molecule has 1 amide bonds. The van der Waals surface area contributed by atoms with Gasteiger partial charge in [-0.15, -0.1) is 0 Å². The minimum atomic E-state index is -1.18. The van der Waals surface area contributed by atoms with Crippen molar-refractivity contribution in [2.45, 2.75) is 12.8 Å². The van der Waals surface area contributed by atoms with Crippen LogP contribution in [0.25, 0.3) is 0 Å². The van der Waals surface area contributed by atoms with Gasteiger partial charge in [0.15, 0.2) is 0 Å². The number of allylic oxidation sites excluding steroid dienone is 2. The first-order chi connectivity index (χ1) is 8.68. The number of pyridine rings is 1. The maximum atomic E-state index is 12.0. The Kier molecular flexibility index (Phi) is 3.72. The van der Waals surface area contributed by atoms with Crippen molar-refractivity contribution in [1.29, 1.82) is 0 Å². The van der Waals surface area contributed by atoms with Crippen molar-refractivity contribution in [2.24, 2.45) is 11.8 Å². The standard InChI is InChI=1S/C13H14N2O3/c16-12(15-9-4-3-7-14-8-9)10-5-1-2-6-11(10)13(17)18/h1-4,7-8,10-11H,5-6H2,(H,15,16)(H,17,18)/p-1/t10-,11-/m1/s1. The molecule has 1 aliphatic rings. The van der Waals surface area contributed by atoms with E-state index in [9.17, 15) is 14.7 Å². The van der Waals surface area contributed by atoms with E-state index >= 15 is 0 Å².